The molecule has 5 nitrogen and oxygen atoms in total. The highest BCUT2D eigenvalue weighted by Crippen LogP contribution is 2.16. The summed E-state index contributed by atoms with van der Waals surface area (Å²) < 4.78 is 6.49. The van der Waals surface area contributed by atoms with Gasteiger partial charge < -0.3 is 4.74 Å². The lowest BCUT2D eigenvalue weighted by molar-refractivity contribution is 0.0526. The third kappa shape index (κ3) is 3.23. The third-order valence-corrected chi connectivity index (χ3v) is 2.87. The molecule has 2 rings (SSSR count). The Morgan fingerprint density at radius 1 is 1.45 bits per heavy atom. The van der Waals surface area contributed by atoms with Crippen molar-refractivity contribution in [2.45, 2.75) is 19.4 Å². The Morgan fingerprint density at radius 2 is 2.20 bits per heavy atom. The van der Waals surface area contributed by atoms with Crippen molar-refractivity contribution in [1.29, 1.82) is 5.26 Å². The first-order valence-corrected chi connectivity index (χ1v) is 6.38. The van der Waals surface area contributed by atoms with Crippen molar-refractivity contribution in [2.75, 3.05) is 6.61 Å². The molecule has 0 aliphatic rings. The molecule has 0 saturated heterocycles. The summed E-state index contributed by atoms with van der Waals surface area (Å²) in [5.74, 6) is -0.696. The van der Waals surface area contributed by atoms with Gasteiger partial charge in [-0.15, -0.1) is 0 Å². The SMILES string of the molecule is CCOC(=O)c1cnn(CC(C#N)c2ccccc2)c1. The van der Waals surface area contributed by atoms with Crippen LogP contribution in [-0.4, -0.2) is 22.4 Å². The monoisotopic (exact) mass is 269 g/mol. The van der Waals surface area contributed by atoms with Crippen LogP contribution in [0.1, 0.15) is 28.8 Å². The molecule has 1 unspecified atom stereocenters. The molecule has 20 heavy (non-hydrogen) atoms. The van der Waals surface area contributed by atoms with E-state index < -0.39 is 5.97 Å². The number of hydrogen-bond donors (Lipinski definition) is 0. The molecular formula is C15H15N3O2. The first-order chi connectivity index (χ1) is 9.74. The van der Waals surface area contributed by atoms with Gasteiger partial charge in [0.25, 0.3) is 0 Å². The van der Waals surface area contributed by atoms with E-state index in [1.54, 1.807) is 17.8 Å². The van der Waals surface area contributed by atoms with Gasteiger partial charge in [-0.05, 0) is 12.5 Å². The lowest BCUT2D eigenvalue weighted by Gasteiger charge is -2.09. The topological polar surface area (TPSA) is 67.9 Å². The van der Waals surface area contributed by atoms with Crippen LogP contribution in [0.25, 0.3) is 0 Å². The van der Waals surface area contributed by atoms with E-state index in [0.717, 1.165) is 5.56 Å². The highest BCUT2D eigenvalue weighted by molar-refractivity contribution is 5.88. The van der Waals surface area contributed by atoms with Gasteiger partial charge in [0.05, 0.1) is 36.9 Å². The van der Waals surface area contributed by atoms with Crippen LogP contribution >= 0.6 is 0 Å². The summed E-state index contributed by atoms with van der Waals surface area (Å²) in [5.41, 5.74) is 1.33. The fourth-order valence-electron chi connectivity index (χ4n) is 1.88. The molecule has 1 heterocycles. The number of benzene rings is 1. The smallest absolute Gasteiger partial charge is 0.341 e. The zero-order valence-electron chi connectivity index (χ0n) is 11.2. The van der Waals surface area contributed by atoms with Crippen LogP contribution < -0.4 is 0 Å². The van der Waals surface area contributed by atoms with Crippen LogP contribution in [-0.2, 0) is 11.3 Å². The first-order valence-electron chi connectivity index (χ1n) is 6.38. The van der Waals surface area contributed by atoms with Crippen molar-refractivity contribution in [1.82, 2.24) is 9.78 Å². The maximum absolute atomic E-state index is 11.5. The molecule has 5 heteroatoms. The minimum atomic E-state index is -0.396. The quantitative estimate of drug-likeness (QED) is 0.781. The average molecular weight is 269 g/mol. The molecule has 0 spiro atoms. The molecule has 1 aromatic heterocycles. The normalized spacial score (nSPS) is 11.6. The Labute approximate surface area is 117 Å². The Hall–Kier alpha value is -2.61. The van der Waals surface area contributed by atoms with E-state index in [9.17, 15) is 10.1 Å². The first kappa shape index (κ1) is 13.8. The van der Waals surface area contributed by atoms with Crippen molar-refractivity contribution in [3.8, 4) is 6.07 Å². The van der Waals surface area contributed by atoms with Crippen LogP contribution in [0.4, 0.5) is 0 Å². The lowest BCUT2D eigenvalue weighted by atomic mass is 10.0. The minimum Gasteiger partial charge on any atom is -0.462 e. The number of ether oxygens (including phenoxy) is 1. The number of carbonyl (C=O) groups is 1. The second-order valence-corrected chi connectivity index (χ2v) is 4.26. The standard InChI is InChI=1S/C15H15N3O2/c1-2-20-15(19)14-9-17-18(11-14)10-13(8-16)12-6-4-3-5-7-12/h3-7,9,11,13H,2,10H2,1H3. The van der Waals surface area contributed by atoms with Crippen molar-refractivity contribution < 1.29 is 9.53 Å². The predicted octanol–water partition coefficient (Wildman–Crippen LogP) is 2.37. The van der Waals surface area contributed by atoms with Gasteiger partial charge in [-0.25, -0.2) is 4.79 Å². The van der Waals surface area contributed by atoms with Crippen molar-refractivity contribution in [2.24, 2.45) is 0 Å². The zero-order valence-corrected chi connectivity index (χ0v) is 11.2. The number of nitrogens with zero attached hydrogens (tertiary/aromatic N) is 3. The number of nitriles is 1. The molecule has 0 N–H and O–H groups in total. The number of esters is 1. The van der Waals surface area contributed by atoms with Crippen molar-refractivity contribution in [3.63, 3.8) is 0 Å². The van der Waals surface area contributed by atoms with Gasteiger partial charge in [0.15, 0.2) is 0 Å². The van der Waals surface area contributed by atoms with Crippen molar-refractivity contribution >= 4 is 5.97 Å². The Kier molecular flexibility index (Phi) is 4.51. The average Bonchev–Trinajstić information content (AvgIpc) is 2.94. The lowest BCUT2D eigenvalue weighted by Crippen LogP contribution is -2.08. The summed E-state index contributed by atoms with van der Waals surface area (Å²) in [7, 11) is 0. The van der Waals surface area contributed by atoms with Crippen LogP contribution in [0.15, 0.2) is 42.7 Å². The van der Waals surface area contributed by atoms with E-state index in [4.69, 9.17) is 4.74 Å². The molecule has 0 radical (unpaired) electrons. The number of aromatic nitrogens is 2. The maximum Gasteiger partial charge on any atom is 0.341 e. The molecular weight excluding hydrogens is 254 g/mol. The number of hydrogen-bond acceptors (Lipinski definition) is 4. The molecule has 0 bridgehead atoms. The van der Waals surface area contributed by atoms with E-state index in [2.05, 4.69) is 11.2 Å². The van der Waals surface area contributed by atoms with Gasteiger partial charge in [-0.2, -0.15) is 10.4 Å². The highest BCUT2D eigenvalue weighted by Gasteiger charge is 2.14. The Balaban J connectivity index is 2.10. The summed E-state index contributed by atoms with van der Waals surface area (Å²) in [6, 6.07) is 11.8. The molecule has 0 fully saturated rings. The zero-order chi connectivity index (χ0) is 14.4. The van der Waals surface area contributed by atoms with E-state index in [-0.39, 0.29) is 5.92 Å². The van der Waals surface area contributed by atoms with Crippen LogP contribution in [0.5, 0.6) is 0 Å². The largest absolute Gasteiger partial charge is 0.462 e. The summed E-state index contributed by atoms with van der Waals surface area (Å²) in [4.78, 5) is 11.5. The fraction of sp³-hybridized carbons (Fsp3) is 0.267. The molecule has 2 aromatic rings. The van der Waals surface area contributed by atoms with Crippen LogP contribution in [0.3, 0.4) is 0 Å². The fourth-order valence-corrected chi connectivity index (χ4v) is 1.88. The Bertz CT molecular complexity index is 614. The number of carbonyl (C=O) groups excluding carboxylic acids is 1. The summed E-state index contributed by atoms with van der Waals surface area (Å²) in [5, 5.41) is 13.4. The van der Waals surface area contributed by atoms with E-state index in [0.29, 0.717) is 18.7 Å². The molecule has 0 saturated carbocycles. The van der Waals surface area contributed by atoms with Gasteiger partial charge in [-0.3, -0.25) is 4.68 Å². The minimum absolute atomic E-state index is 0.300. The second-order valence-electron chi connectivity index (χ2n) is 4.26. The molecule has 0 amide bonds. The van der Waals surface area contributed by atoms with Gasteiger partial charge >= 0.3 is 5.97 Å². The molecule has 1 atom stereocenters. The molecule has 1 aromatic carbocycles. The van der Waals surface area contributed by atoms with Crippen LogP contribution in [0, 0.1) is 11.3 Å². The van der Waals surface area contributed by atoms with Crippen molar-refractivity contribution in [3.05, 3.63) is 53.9 Å². The summed E-state index contributed by atoms with van der Waals surface area (Å²) in [6.07, 6.45) is 3.06. The van der Waals surface area contributed by atoms with E-state index in [1.807, 2.05) is 30.3 Å². The molecule has 0 aliphatic carbocycles. The van der Waals surface area contributed by atoms with E-state index >= 15 is 0 Å². The maximum atomic E-state index is 11.5. The number of rotatable bonds is 5. The van der Waals surface area contributed by atoms with E-state index in [1.165, 1.54) is 6.20 Å². The summed E-state index contributed by atoms with van der Waals surface area (Å²) >= 11 is 0. The van der Waals surface area contributed by atoms with Crippen LogP contribution in [0.2, 0.25) is 0 Å². The molecule has 102 valence electrons. The van der Waals surface area contributed by atoms with Gasteiger partial charge in [0.2, 0.25) is 0 Å². The van der Waals surface area contributed by atoms with Gasteiger partial charge in [0.1, 0.15) is 0 Å². The predicted molar refractivity (Wildman–Crippen MR) is 73.0 cm³/mol. The second kappa shape index (κ2) is 6.53. The summed E-state index contributed by atoms with van der Waals surface area (Å²) in [6.45, 7) is 2.48. The van der Waals surface area contributed by atoms with Gasteiger partial charge in [0, 0.05) is 6.20 Å². The Morgan fingerprint density at radius 3 is 2.85 bits per heavy atom. The highest BCUT2D eigenvalue weighted by atomic mass is 16.5. The molecule has 0 aliphatic heterocycles. The van der Waals surface area contributed by atoms with Gasteiger partial charge in [-0.1, -0.05) is 30.3 Å². The third-order valence-electron chi connectivity index (χ3n) is 2.87.